The fourth-order valence-corrected chi connectivity index (χ4v) is 8.78. The molecule has 1 aliphatic rings. The Bertz CT molecular complexity index is 1320. The summed E-state index contributed by atoms with van der Waals surface area (Å²) in [5.41, 5.74) is 5.33. The maximum atomic E-state index is 12.9. The minimum Gasteiger partial charge on any atom is -0.480 e. The van der Waals surface area contributed by atoms with Crippen molar-refractivity contribution in [1.82, 2.24) is 0 Å². The highest BCUT2D eigenvalue weighted by molar-refractivity contribution is 7.47. The SMILES string of the molecule is CCCCCCCCCCCCCCCCCCCCCC(=O)OC[C@H](COP(=O)(O)OC[C@H](N)C(=O)O)OC(=O)CCCCC(=O)C[C@@H]1[C@@H](/C=C/[C@@H](O)CCCCC)[C@H](O)C[C@@H]1O. The van der Waals surface area contributed by atoms with Gasteiger partial charge in [0.15, 0.2) is 6.10 Å². The fraction of sp³-hybridized carbons (Fsp3) is 0.875. The number of Topliss-reactive ketones (excluding diaryl/α,β-unsaturated/α-hetero) is 1. The van der Waals surface area contributed by atoms with Gasteiger partial charge in [0.2, 0.25) is 0 Å². The first-order chi connectivity index (χ1) is 30.7. The fourth-order valence-electron chi connectivity index (χ4n) is 8.00. The van der Waals surface area contributed by atoms with Gasteiger partial charge in [-0.25, -0.2) is 4.57 Å². The zero-order valence-corrected chi connectivity index (χ0v) is 40.4. The van der Waals surface area contributed by atoms with Gasteiger partial charge in [0.1, 0.15) is 18.4 Å². The highest BCUT2D eigenvalue weighted by Crippen LogP contribution is 2.43. The van der Waals surface area contributed by atoms with Crippen LogP contribution < -0.4 is 5.73 Å². The topological polar surface area (TPSA) is 249 Å². The second-order valence-electron chi connectivity index (χ2n) is 17.9. The number of aliphatic hydroxyl groups excluding tert-OH is 3. The molecule has 15 nitrogen and oxygen atoms in total. The maximum absolute atomic E-state index is 12.9. The maximum Gasteiger partial charge on any atom is 0.472 e. The van der Waals surface area contributed by atoms with E-state index >= 15 is 0 Å². The number of phosphoric acid groups is 1. The summed E-state index contributed by atoms with van der Waals surface area (Å²) in [5, 5.41) is 40.3. The van der Waals surface area contributed by atoms with Gasteiger partial charge in [-0.1, -0.05) is 161 Å². The minimum atomic E-state index is -4.82. The number of rotatable bonds is 43. The molecule has 0 aliphatic heterocycles. The van der Waals surface area contributed by atoms with Gasteiger partial charge >= 0.3 is 25.7 Å². The van der Waals surface area contributed by atoms with E-state index in [9.17, 15) is 44.0 Å². The molecule has 7 N–H and O–H groups in total. The first-order valence-electron chi connectivity index (χ1n) is 24.9. The zero-order valence-electron chi connectivity index (χ0n) is 39.5. The first kappa shape index (κ1) is 59.8. The van der Waals surface area contributed by atoms with Crippen LogP contribution >= 0.6 is 7.82 Å². The van der Waals surface area contributed by atoms with E-state index in [0.29, 0.717) is 19.3 Å². The monoisotopic (exact) mass is 934 g/mol. The van der Waals surface area contributed by atoms with E-state index in [1.807, 2.05) is 0 Å². The van der Waals surface area contributed by atoms with Crippen LogP contribution in [0.25, 0.3) is 0 Å². The Morgan fingerprint density at radius 2 is 1.12 bits per heavy atom. The van der Waals surface area contributed by atoms with Gasteiger partial charge in [-0.3, -0.25) is 28.2 Å². The number of aliphatic hydroxyl groups is 3. The number of carboxylic acids is 1. The average molecular weight is 934 g/mol. The molecule has 374 valence electrons. The molecule has 0 saturated heterocycles. The summed E-state index contributed by atoms with van der Waals surface area (Å²) in [6, 6.07) is -1.58. The molecular weight excluding hydrogens is 845 g/mol. The number of carbonyl (C=O) groups is 4. The Labute approximate surface area is 384 Å². The number of phosphoric ester groups is 1. The normalized spacial score (nSPS) is 19.9. The number of unbranched alkanes of at least 4 members (excludes halogenated alkanes) is 21. The van der Waals surface area contributed by atoms with Gasteiger partial charge in [0.05, 0.1) is 31.5 Å². The van der Waals surface area contributed by atoms with Crippen LogP contribution in [0.5, 0.6) is 0 Å². The Hall–Kier alpha value is -2.23. The summed E-state index contributed by atoms with van der Waals surface area (Å²) in [6.45, 7) is 2.35. The number of carboxylic acid groups (broad SMARTS) is 1. The Balaban J connectivity index is 2.43. The van der Waals surface area contributed by atoms with Crippen LogP contribution in [0.1, 0.15) is 206 Å². The highest BCUT2D eigenvalue weighted by Gasteiger charge is 2.41. The average Bonchev–Trinajstić information content (AvgIpc) is 3.52. The molecule has 0 aromatic rings. The lowest BCUT2D eigenvalue weighted by atomic mass is 9.87. The second-order valence-corrected chi connectivity index (χ2v) is 19.4. The number of hydrogen-bond donors (Lipinski definition) is 6. The van der Waals surface area contributed by atoms with Crippen LogP contribution in [0.4, 0.5) is 0 Å². The van der Waals surface area contributed by atoms with Gasteiger partial charge in [-0.15, -0.1) is 0 Å². The highest BCUT2D eigenvalue weighted by atomic mass is 31.2. The van der Waals surface area contributed by atoms with Crippen LogP contribution in [0.3, 0.4) is 0 Å². The largest absolute Gasteiger partial charge is 0.480 e. The van der Waals surface area contributed by atoms with E-state index in [4.69, 9.17) is 24.8 Å². The molecule has 1 fully saturated rings. The lowest BCUT2D eigenvalue weighted by Crippen LogP contribution is -2.34. The summed E-state index contributed by atoms with van der Waals surface area (Å²) in [7, 11) is -4.82. The summed E-state index contributed by atoms with van der Waals surface area (Å²) >= 11 is 0. The van der Waals surface area contributed by atoms with E-state index in [-0.39, 0.29) is 44.3 Å². The molecule has 8 atom stereocenters. The van der Waals surface area contributed by atoms with Gasteiger partial charge in [-0.2, -0.15) is 0 Å². The molecule has 1 rings (SSSR count). The van der Waals surface area contributed by atoms with Crippen molar-refractivity contribution in [2.24, 2.45) is 17.6 Å². The van der Waals surface area contributed by atoms with E-state index < -0.39 is 87.8 Å². The van der Waals surface area contributed by atoms with Crippen molar-refractivity contribution in [1.29, 1.82) is 0 Å². The van der Waals surface area contributed by atoms with Crippen LogP contribution in [-0.2, 0) is 42.3 Å². The number of nitrogens with two attached hydrogens (primary N) is 1. The second kappa shape index (κ2) is 37.8. The molecule has 0 spiro atoms. The molecule has 0 aromatic heterocycles. The van der Waals surface area contributed by atoms with Crippen molar-refractivity contribution in [2.75, 3.05) is 19.8 Å². The third-order valence-corrected chi connectivity index (χ3v) is 12.9. The summed E-state index contributed by atoms with van der Waals surface area (Å²) in [6.07, 6.45) is 27.6. The number of carbonyl (C=O) groups excluding carboxylic acids is 3. The van der Waals surface area contributed by atoms with Crippen LogP contribution in [-0.4, -0.2) is 99.3 Å². The number of ketones is 1. The van der Waals surface area contributed by atoms with Crippen molar-refractivity contribution >= 4 is 31.5 Å². The molecule has 64 heavy (non-hydrogen) atoms. The predicted octanol–water partition coefficient (Wildman–Crippen LogP) is 9.18. The molecule has 0 radical (unpaired) electrons. The number of esters is 2. The van der Waals surface area contributed by atoms with Gasteiger partial charge in [0.25, 0.3) is 0 Å². The standard InChI is InChI=1S/C48H88NO14P/c1-3-5-7-8-9-10-11-12-13-14-15-16-17-18-19-20-21-22-24-29-46(54)60-35-40(36-61-64(58,59)62-37-43(49)48(56)57)63-47(55)30-26-25-28-39(51)33-42-41(44(52)34-45(42)53)32-31-38(50)27-23-6-4-2/h31-32,38,40-45,50,52-53H,3-30,33-37,49H2,1-2H3,(H,56,57)(H,58,59)/b32-31+/t38-,40+,41+,42+,43-,44+,45-/m0/s1. The van der Waals surface area contributed by atoms with Crippen molar-refractivity contribution in [3.8, 4) is 0 Å². The summed E-state index contributed by atoms with van der Waals surface area (Å²) in [5.74, 6) is -3.81. The Kier molecular flexibility index (Phi) is 35.3. The van der Waals surface area contributed by atoms with Crippen LogP contribution in [0.2, 0.25) is 0 Å². The predicted molar refractivity (Wildman–Crippen MR) is 247 cm³/mol. The smallest absolute Gasteiger partial charge is 0.472 e. The third kappa shape index (κ3) is 31.6. The lowest BCUT2D eigenvalue weighted by molar-refractivity contribution is -0.161. The van der Waals surface area contributed by atoms with Gasteiger partial charge in [-0.05, 0) is 25.7 Å². The quantitative estimate of drug-likeness (QED) is 0.0144. The molecule has 0 amide bonds. The summed E-state index contributed by atoms with van der Waals surface area (Å²) < 4.78 is 32.7. The Morgan fingerprint density at radius 1 is 0.656 bits per heavy atom. The molecule has 0 bridgehead atoms. The van der Waals surface area contributed by atoms with Gasteiger partial charge in [0, 0.05) is 43.9 Å². The van der Waals surface area contributed by atoms with Crippen molar-refractivity contribution in [2.45, 2.75) is 237 Å². The third-order valence-electron chi connectivity index (χ3n) is 12.0. The zero-order chi connectivity index (χ0) is 47.4. The van der Waals surface area contributed by atoms with E-state index in [1.54, 1.807) is 12.2 Å². The van der Waals surface area contributed by atoms with Crippen LogP contribution in [0, 0.1) is 11.8 Å². The van der Waals surface area contributed by atoms with Crippen molar-refractivity contribution < 1.29 is 67.6 Å². The number of ether oxygens (including phenoxy) is 2. The minimum absolute atomic E-state index is 0.0363. The molecular formula is C48H88NO14P. The number of aliphatic carboxylic acids is 1. The first-order valence-corrected chi connectivity index (χ1v) is 26.4. The molecule has 0 aromatic carbocycles. The van der Waals surface area contributed by atoms with E-state index in [0.717, 1.165) is 38.5 Å². The Morgan fingerprint density at radius 3 is 1.67 bits per heavy atom. The molecule has 0 heterocycles. The van der Waals surface area contributed by atoms with E-state index in [1.165, 1.54) is 96.3 Å². The molecule has 1 aliphatic carbocycles. The summed E-state index contributed by atoms with van der Waals surface area (Å²) in [4.78, 5) is 59.2. The van der Waals surface area contributed by atoms with E-state index in [2.05, 4.69) is 18.4 Å². The van der Waals surface area contributed by atoms with Gasteiger partial charge < -0.3 is 40.5 Å². The molecule has 1 saturated carbocycles. The lowest BCUT2D eigenvalue weighted by Gasteiger charge is -2.21. The molecule has 1 unspecified atom stereocenters. The molecule has 16 heteroatoms. The van der Waals surface area contributed by atoms with Crippen molar-refractivity contribution in [3.05, 3.63) is 12.2 Å². The van der Waals surface area contributed by atoms with Crippen LogP contribution in [0.15, 0.2) is 12.2 Å². The van der Waals surface area contributed by atoms with Crippen molar-refractivity contribution in [3.63, 3.8) is 0 Å². The number of hydrogen-bond acceptors (Lipinski definition) is 13.